The van der Waals surface area contributed by atoms with Gasteiger partial charge in [-0.25, -0.2) is 0 Å². The lowest BCUT2D eigenvalue weighted by atomic mass is 9.91. The maximum absolute atomic E-state index is 5.24. The second kappa shape index (κ2) is 4.45. The van der Waals surface area contributed by atoms with Crippen molar-refractivity contribution in [3.8, 4) is 0 Å². The van der Waals surface area contributed by atoms with E-state index in [0.717, 1.165) is 25.0 Å². The van der Waals surface area contributed by atoms with Gasteiger partial charge in [-0.1, -0.05) is 5.57 Å². The van der Waals surface area contributed by atoms with E-state index in [2.05, 4.69) is 0 Å². The van der Waals surface area contributed by atoms with Gasteiger partial charge in [0.05, 0.1) is 13.2 Å². The first-order valence-corrected chi connectivity index (χ1v) is 5.53. The summed E-state index contributed by atoms with van der Waals surface area (Å²) in [5.74, 6) is 1.83. The van der Waals surface area contributed by atoms with Crippen LogP contribution in [0.3, 0.4) is 0 Å². The average molecular weight is 196 g/mol. The molecule has 0 amide bonds. The van der Waals surface area contributed by atoms with Crippen LogP contribution in [-0.4, -0.2) is 27.4 Å². The van der Waals surface area contributed by atoms with Gasteiger partial charge in [0.15, 0.2) is 0 Å². The molecule has 0 radical (unpaired) electrons. The Morgan fingerprint density at radius 1 is 1.21 bits per heavy atom. The van der Waals surface area contributed by atoms with Gasteiger partial charge in [0, 0.05) is 14.2 Å². The molecule has 2 rings (SSSR count). The predicted octanol–water partition coefficient (Wildman–Crippen LogP) is 2.40. The van der Waals surface area contributed by atoms with Gasteiger partial charge in [-0.3, -0.25) is 0 Å². The van der Waals surface area contributed by atoms with E-state index in [1.165, 1.54) is 31.3 Å². The van der Waals surface area contributed by atoms with Gasteiger partial charge >= 0.3 is 0 Å². The number of allylic oxidation sites excluding steroid dienone is 1. The minimum absolute atomic E-state index is 0.756. The highest BCUT2D eigenvalue weighted by molar-refractivity contribution is 5.24. The van der Waals surface area contributed by atoms with Crippen LogP contribution >= 0.6 is 0 Å². The Hall–Kier alpha value is -0.340. The number of rotatable bonds is 4. The van der Waals surface area contributed by atoms with Gasteiger partial charge in [-0.15, -0.1) is 0 Å². The lowest BCUT2D eigenvalue weighted by Gasteiger charge is -2.18. The minimum Gasteiger partial charge on any atom is -0.380 e. The molecule has 14 heavy (non-hydrogen) atoms. The third-order valence-electron chi connectivity index (χ3n) is 3.63. The molecule has 2 aliphatic rings. The highest BCUT2D eigenvalue weighted by Crippen LogP contribution is 2.49. The van der Waals surface area contributed by atoms with Gasteiger partial charge in [0.2, 0.25) is 0 Å². The van der Waals surface area contributed by atoms with Crippen molar-refractivity contribution < 1.29 is 9.47 Å². The molecule has 0 aromatic heterocycles. The zero-order valence-corrected chi connectivity index (χ0v) is 9.21. The van der Waals surface area contributed by atoms with Gasteiger partial charge in [-0.05, 0) is 43.1 Å². The molecular formula is C12H20O2. The standard InChI is InChI=1S/C12H20O2/c1-13-7-11(8-14-2)12-6-9-3-4-10(12)5-9/h9-10H,3-8H2,1-2H3. The summed E-state index contributed by atoms with van der Waals surface area (Å²) in [6, 6.07) is 0. The second-order valence-corrected chi connectivity index (χ2v) is 4.57. The molecule has 2 unspecified atom stereocenters. The Morgan fingerprint density at radius 3 is 2.36 bits per heavy atom. The van der Waals surface area contributed by atoms with E-state index in [1.54, 1.807) is 19.8 Å². The number of ether oxygens (including phenoxy) is 2. The summed E-state index contributed by atoms with van der Waals surface area (Å²) < 4.78 is 10.5. The van der Waals surface area contributed by atoms with Crippen LogP contribution < -0.4 is 0 Å². The summed E-state index contributed by atoms with van der Waals surface area (Å²) in [6.45, 7) is 1.51. The maximum atomic E-state index is 5.24. The van der Waals surface area contributed by atoms with E-state index in [9.17, 15) is 0 Å². The third kappa shape index (κ3) is 1.86. The molecule has 0 aromatic carbocycles. The zero-order valence-electron chi connectivity index (χ0n) is 9.21. The Bertz CT molecular complexity index is 224. The molecule has 0 heterocycles. The largest absolute Gasteiger partial charge is 0.380 e. The van der Waals surface area contributed by atoms with Crippen molar-refractivity contribution in [1.29, 1.82) is 0 Å². The molecule has 2 nitrogen and oxygen atoms in total. The second-order valence-electron chi connectivity index (χ2n) is 4.57. The van der Waals surface area contributed by atoms with Crippen LogP contribution in [0.5, 0.6) is 0 Å². The van der Waals surface area contributed by atoms with Crippen molar-refractivity contribution in [3.63, 3.8) is 0 Å². The Balaban J connectivity index is 2.10. The number of fused-ring (bicyclic) bond motifs is 2. The first-order chi connectivity index (χ1) is 6.85. The van der Waals surface area contributed by atoms with Crippen LogP contribution in [0.15, 0.2) is 11.1 Å². The Labute approximate surface area is 86.3 Å². The van der Waals surface area contributed by atoms with Crippen molar-refractivity contribution >= 4 is 0 Å². The zero-order chi connectivity index (χ0) is 9.97. The fourth-order valence-electron chi connectivity index (χ4n) is 3.06. The topological polar surface area (TPSA) is 18.5 Å². The molecule has 2 aliphatic carbocycles. The fraction of sp³-hybridized carbons (Fsp3) is 0.833. The van der Waals surface area contributed by atoms with Crippen LogP contribution in [0.25, 0.3) is 0 Å². The number of hydrogen-bond donors (Lipinski definition) is 0. The van der Waals surface area contributed by atoms with E-state index >= 15 is 0 Å². The smallest absolute Gasteiger partial charge is 0.0697 e. The SMILES string of the molecule is COCC(COC)=C1CC2CCC1C2. The molecule has 2 heteroatoms. The Morgan fingerprint density at radius 2 is 1.93 bits per heavy atom. The van der Waals surface area contributed by atoms with Crippen LogP contribution in [0.2, 0.25) is 0 Å². The molecule has 0 spiro atoms. The van der Waals surface area contributed by atoms with Gasteiger partial charge in [-0.2, -0.15) is 0 Å². The summed E-state index contributed by atoms with van der Waals surface area (Å²) >= 11 is 0. The Kier molecular flexibility index (Phi) is 3.24. The van der Waals surface area contributed by atoms with Gasteiger partial charge in [0.1, 0.15) is 0 Å². The fourth-order valence-corrected chi connectivity index (χ4v) is 3.06. The first kappa shape index (κ1) is 10.2. The summed E-state index contributed by atoms with van der Waals surface area (Å²) in [5, 5.41) is 0. The van der Waals surface area contributed by atoms with Gasteiger partial charge < -0.3 is 9.47 Å². The monoisotopic (exact) mass is 196 g/mol. The minimum atomic E-state index is 0.756. The molecule has 0 N–H and O–H groups in total. The van der Waals surface area contributed by atoms with Crippen molar-refractivity contribution in [2.75, 3.05) is 27.4 Å². The maximum Gasteiger partial charge on any atom is 0.0697 e. The molecule has 2 bridgehead atoms. The lowest BCUT2D eigenvalue weighted by molar-refractivity contribution is 0.179. The van der Waals surface area contributed by atoms with Crippen molar-refractivity contribution in [2.45, 2.75) is 25.7 Å². The quantitative estimate of drug-likeness (QED) is 0.643. The molecule has 2 fully saturated rings. The van der Waals surface area contributed by atoms with Crippen LogP contribution in [-0.2, 0) is 9.47 Å². The summed E-state index contributed by atoms with van der Waals surface area (Å²) in [7, 11) is 3.53. The molecule has 0 aliphatic heterocycles. The third-order valence-corrected chi connectivity index (χ3v) is 3.63. The predicted molar refractivity (Wildman–Crippen MR) is 56.2 cm³/mol. The number of methoxy groups -OCH3 is 2. The van der Waals surface area contributed by atoms with E-state index < -0.39 is 0 Å². The van der Waals surface area contributed by atoms with E-state index in [1.807, 2.05) is 0 Å². The van der Waals surface area contributed by atoms with Crippen LogP contribution in [0.1, 0.15) is 25.7 Å². The number of hydrogen-bond acceptors (Lipinski definition) is 2. The van der Waals surface area contributed by atoms with Crippen molar-refractivity contribution in [2.24, 2.45) is 11.8 Å². The highest BCUT2D eigenvalue weighted by Gasteiger charge is 2.36. The van der Waals surface area contributed by atoms with Gasteiger partial charge in [0.25, 0.3) is 0 Å². The van der Waals surface area contributed by atoms with Crippen LogP contribution in [0, 0.1) is 11.8 Å². The lowest BCUT2D eigenvalue weighted by Crippen LogP contribution is -2.10. The van der Waals surface area contributed by atoms with Crippen molar-refractivity contribution in [3.05, 3.63) is 11.1 Å². The summed E-state index contributed by atoms with van der Waals surface area (Å²) in [4.78, 5) is 0. The highest BCUT2D eigenvalue weighted by atomic mass is 16.5. The van der Waals surface area contributed by atoms with Crippen LogP contribution in [0.4, 0.5) is 0 Å². The molecule has 2 atom stereocenters. The molecule has 2 saturated carbocycles. The molecule has 0 aromatic rings. The van der Waals surface area contributed by atoms with E-state index in [-0.39, 0.29) is 0 Å². The summed E-state index contributed by atoms with van der Waals surface area (Å²) in [5.41, 5.74) is 3.06. The summed E-state index contributed by atoms with van der Waals surface area (Å²) in [6.07, 6.45) is 5.58. The molecule has 80 valence electrons. The van der Waals surface area contributed by atoms with Crippen molar-refractivity contribution in [1.82, 2.24) is 0 Å². The normalized spacial score (nSPS) is 30.0. The molecular weight excluding hydrogens is 176 g/mol. The van der Waals surface area contributed by atoms with E-state index in [0.29, 0.717) is 0 Å². The molecule has 0 saturated heterocycles. The van der Waals surface area contributed by atoms with E-state index in [4.69, 9.17) is 9.47 Å². The first-order valence-electron chi connectivity index (χ1n) is 5.53. The average Bonchev–Trinajstić information content (AvgIpc) is 2.78.